The van der Waals surface area contributed by atoms with Gasteiger partial charge in [0, 0.05) is 13.0 Å². The van der Waals surface area contributed by atoms with E-state index in [0.29, 0.717) is 18.9 Å². The molecular weight excluding hydrogens is 378 g/mol. The van der Waals surface area contributed by atoms with Gasteiger partial charge in [-0.15, -0.1) is 0 Å². The van der Waals surface area contributed by atoms with Crippen LogP contribution in [-0.2, 0) is 22.7 Å². The van der Waals surface area contributed by atoms with Crippen LogP contribution < -0.4 is 16.1 Å². The Kier molecular flexibility index (Phi) is 8.72. The average Bonchev–Trinajstić information content (AvgIpc) is 2.79. The topological polar surface area (TPSA) is 79.5 Å². The molecule has 160 valence electrons. The molecule has 6 heteroatoms. The molecule has 0 spiro atoms. The van der Waals surface area contributed by atoms with Crippen LogP contribution in [0.2, 0.25) is 0 Å². The van der Waals surface area contributed by atoms with E-state index in [-0.39, 0.29) is 12.5 Å². The minimum Gasteiger partial charge on any atom is -0.354 e. The van der Waals surface area contributed by atoms with Crippen molar-refractivity contribution in [1.29, 1.82) is 0 Å². The van der Waals surface area contributed by atoms with Crippen molar-refractivity contribution in [3.05, 3.63) is 71.8 Å². The van der Waals surface area contributed by atoms with Crippen LogP contribution in [0, 0.1) is 5.92 Å². The molecule has 1 aliphatic rings. The van der Waals surface area contributed by atoms with Crippen LogP contribution in [-0.4, -0.2) is 24.5 Å². The second kappa shape index (κ2) is 12.0. The first-order valence-corrected chi connectivity index (χ1v) is 10.7. The maximum Gasteiger partial charge on any atom is 0.339 e. The van der Waals surface area contributed by atoms with E-state index >= 15 is 0 Å². The van der Waals surface area contributed by atoms with Crippen molar-refractivity contribution in [2.75, 3.05) is 6.54 Å². The lowest BCUT2D eigenvalue weighted by Gasteiger charge is -2.24. The predicted molar refractivity (Wildman–Crippen MR) is 116 cm³/mol. The largest absolute Gasteiger partial charge is 0.354 e. The van der Waals surface area contributed by atoms with E-state index in [1.165, 1.54) is 19.3 Å². The third kappa shape index (κ3) is 7.52. The van der Waals surface area contributed by atoms with Crippen LogP contribution in [0.4, 0.5) is 4.79 Å². The van der Waals surface area contributed by atoms with Gasteiger partial charge in [0.15, 0.2) is 0 Å². The van der Waals surface area contributed by atoms with Gasteiger partial charge in [-0.1, -0.05) is 79.9 Å². The SMILES string of the molecule is O=C(NOCc1ccccc1)N[C@@H](Cc1ccccc1)C(=O)NCC1CCCCC1. The Morgan fingerprint density at radius 1 is 0.900 bits per heavy atom. The van der Waals surface area contributed by atoms with Gasteiger partial charge in [-0.2, -0.15) is 0 Å². The molecule has 0 aromatic heterocycles. The van der Waals surface area contributed by atoms with E-state index in [1.807, 2.05) is 60.7 Å². The monoisotopic (exact) mass is 409 g/mol. The minimum atomic E-state index is -0.670. The van der Waals surface area contributed by atoms with E-state index in [4.69, 9.17) is 4.84 Å². The predicted octanol–water partition coefficient (Wildman–Crippen LogP) is 3.73. The fraction of sp³-hybridized carbons (Fsp3) is 0.417. The summed E-state index contributed by atoms with van der Waals surface area (Å²) in [6.45, 7) is 0.920. The molecule has 0 aliphatic heterocycles. The van der Waals surface area contributed by atoms with Crippen molar-refractivity contribution in [2.45, 2.75) is 51.2 Å². The summed E-state index contributed by atoms with van der Waals surface area (Å²) in [5.74, 6) is 0.366. The molecular formula is C24H31N3O3. The number of hydrogen-bond donors (Lipinski definition) is 3. The van der Waals surface area contributed by atoms with Gasteiger partial charge in [-0.25, -0.2) is 10.3 Å². The van der Waals surface area contributed by atoms with Gasteiger partial charge in [0.25, 0.3) is 0 Å². The molecule has 3 amide bonds. The molecule has 1 aliphatic carbocycles. The number of nitrogens with one attached hydrogen (secondary N) is 3. The molecule has 1 saturated carbocycles. The van der Waals surface area contributed by atoms with Crippen LogP contribution in [0.15, 0.2) is 60.7 Å². The lowest BCUT2D eigenvalue weighted by Crippen LogP contribution is -2.51. The molecule has 1 fully saturated rings. The van der Waals surface area contributed by atoms with Gasteiger partial charge in [-0.3, -0.25) is 9.63 Å². The van der Waals surface area contributed by atoms with Crippen LogP contribution in [0.3, 0.4) is 0 Å². The molecule has 2 aromatic carbocycles. The Balaban J connectivity index is 1.51. The van der Waals surface area contributed by atoms with Crippen molar-refractivity contribution in [3.63, 3.8) is 0 Å². The van der Waals surface area contributed by atoms with E-state index < -0.39 is 12.1 Å². The highest BCUT2D eigenvalue weighted by molar-refractivity contribution is 5.87. The van der Waals surface area contributed by atoms with Crippen molar-refractivity contribution in [1.82, 2.24) is 16.1 Å². The molecule has 2 aromatic rings. The summed E-state index contributed by atoms with van der Waals surface area (Å²) in [5.41, 5.74) is 4.31. The Morgan fingerprint density at radius 3 is 2.20 bits per heavy atom. The number of hydroxylamine groups is 1. The summed E-state index contributed by atoms with van der Waals surface area (Å²) >= 11 is 0. The van der Waals surface area contributed by atoms with Crippen molar-refractivity contribution in [2.24, 2.45) is 5.92 Å². The van der Waals surface area contributed by atoms with Gasteiger partial charge in [0.1, 0.15) is 6.04 Å². The lowest BCUT2D eigenvalue weighted by atomic mass is 9.89. The molecule has 1 atom stereocenters. The number of urea groups is 1. The third-order valence-electron chi connectivity index (χ3n) is 5.44. The molecule has 0 bridgehead atoms. The summed E-state index contributed by atoms with van der Waals surface area (Å²) < 4.78 is 0. The minimum absolute atomic E-state index is 0.164. The smallest absolute Gasteiger partial charge is 0.339 e. The van der Waals surface area contributed by atoms with E-state index in [1.54, 1.807) is 0 Å². The normalized spacial score (nSPS) is 15.2. The molecule has 0 saturated heterocycles. The Morgan fingerprint density at radius 2 is 1.53 bits per heavy atom. The highest BCUT2D eigenvalue weighted by atomic mass is 16.7. The Hall–Kier alpha value is -2.86. The van der Waals surface area contributed by atoms with Crippen LogP contribution in [0.25, 0.3) is 0 Å². The molecule has 0 heterocycles. The number of rotatable bonds is 9. The highest BCUT2D eigenvalue weighted by Crippen LogP contribution is 2.22. The molecule has 6 nitrogen and oxygen atoms in total. The first-order chi connectivity index (χ1) is 14.7. The number of amides is 3. The quantitative estimate of drug-likeness (QED) is 0.552. The summed E-state index contributed by atoms with van der Waals surface area (Å²) in [5, 5.41) is 5.79. The van der Waals surface area contributed by atoms with Crippen LogP contribution >= 0.6 is 0 Å². The molecule has 0 radical (unpaired) electrons. The molecule has 0 unspecified atom stereocenters. The Labute approximate surface area is 178 Å². The standard InChI is InChI=1S/C24H31N3O3/c28-23(25-17-20-12-6-2-7-13-20)22(16-19-10-4-1-5-11-19)26-24(29)27-30-18-21-14-8-3-9-15-21/h1,3-5,8-11,14-15,20,22H,2,6-7,12-13,16-18H2,(H,25,28)(H2,26,27,29)/t22-/m0/s1. The zero-order valence-electron chi connectivity index (χ0n) is 17.3. The fourth-order valence-electron chi connectivity index (χ4n) is 3.77. The number of benzene rings is 2. The van der Waals surface area contributed by atoms with Crippen molar-refractivity contribution >= 4 is 11.9 Å². The Bertz CT molecular complexity index is 777. The third-order valence-corrected chi connectivity index (χ3v) is 5.44. The second-order valence-corrected chi connectivity index (χ2v) is 7.84. The van der Waals surface area contributed by atoms with E-state index in [0.717, 1.165) is 24.0 Å². The average molecular weight is 410 g/mol. The first-order valence-electron chi connectivity index (χ1n) is 10.7. The van der Waals surface area contributed by atoms with E-state index in [2.05, 4.69) is 16.1 Å². The first kappa shape index (κ1) is 21.8. The lowest BCUT2D eigenvalue weighted by molar-refractivity contribution is -0.123. The van der Waals surface area contributed by atoms with Gasteiger partial charge in [-0.05, 0) is 29.9 Å². The summed E-state index contributed by atoms with van der Waals surface area (Å²) in [7, 11) is 0. The highest BCUT2D eigenvalue weighted by Gasteiger charge is 2.23. The maximum absolute atomic E-state index is 12.8. The summed E-state index contributed by atoms with van der Waals surface area (Å²) in [6, 6.07) is 18.0. The zero-order chi connectivity index (χ0) is 21.0. The summed E-state index contributed by atoms with van der Waals surface area (Å²) in [6.07, 6.45) is 6.48. The summed E-state index contributed by atoms with van der Waals surface area (Å²) in [4.78, 5) is 30.4. The van der Waals surface area contributed by atoms with Crippen molar-refractivity contribution in [3.8, 4) is 0 Å². The molecule has 30 heavy (non-hydrogen) atoms. The van der Waals surface area contributed by atoms with Crippen LogP contribution in [0.1, 0.15) is 43.2 Å². The van der Waals surface area contributed by atoms with Crippen LogP contribution in [0.5, 0.6) is 0 Å². The van der Waals surface area contributed by atoms with Gasteiger partial charge < -0.3 is 10.6 Å². The van der Waals surface area contributed by atoms with Crippen molar-refractivity contribution < 1.29 is 14.4 Å². The maximum atomic E-state index is 12.8. The van der Waals surface area contributed by atoms with E-state index in [9.17, 15) is 9.59 Å². The number of carbonyl (C=O) groups is 2. The van der Waals surface area contributed by atoms with Gasteiger partial charge in [0.05, 0.1) is 6.61 Å². The number of hydrogen-bond acceptors (Lipinski definition) is 3. The fourth-order valence-corrected chi connectivity index (χ4v) is 3.77. The number of carbonyl (C=O) groups excluding carboxylic acids is 2. The van der Waals surface area contributed by atoms with Gasteiger partial charge in [0.2, 0.25) is 5.91 Å². The molecule has 3 N–H and O–H groups in total. The second-order valence-electron chi connectivity index (χ2n) is 7.84. The molecule has 3 rings (SSSR count). The zero-order valence-corrected chi connectivity index (χ0v) is 17.3. The van der Waals surface area contributed by atoms with Gasteiger partial charge >= 0.3 is 6.03 Å².